The van der Waals surface area contributed by atoms with E-state index in [1.54, 1.807) is 14.2 Å². The molecule has 1 N–H and O–H groups in total. The zero-order valence-electron chi connectivity index (χ0n) is 10.7. The van der Waals surface area contributed by atoms with Crippen LogP contribution in [0.2, 0.25) is 0 Å². The Bertz CT molecular complexity index is 145. The molecule has 0 aliphatic carbocycles. The number of nitrogens with one attached hydrogen (secondary N) is 1. The molecule has 2 unspecified atom stereocenters. The summed E-state index contributed by atoms with van der Waals surface area (Å²) in [6.07, 6.45) is 0. The van der Waals surface area contributed by atoms with Gasteiger partial charge in [-0.25, -0.2) is 0 Å². The van der Waals surface area contributed by atoms with Crippen LogP contribution in [0.25, 0.3) is 0 Å². The van der Waals surface area contributed by atoms with Gasteiger partial charge in [0.2, 0.25) is 0 Å². The predicted molar refractivity (Wildman–Crippen MR) is 63.3 cm³/mol. The summed E-state index contributed by atoms with van der Waals surface area (Å²) < 4.78 is 10.4. The molecule has 0 aromatic rings. The molecule has 0 fully saturated rings. The molecule has 0 saturated carbocycles. The van der Waals surface area contributed by atoms with Crippen molar-refractivity contribution in [1.29, 1.82) is 0 Å². The number of rotatable bonds is 9. The Hall–Kier alpha value is -0.160. The molecule has 0 aromatic heterocycles. The Morgan fingerprint density at radius 1 is 1.20 bits per heavy atom. The van der Waals surface area contributed by atoms with Crippen LogP contribution >= 0.6 is 0 Å². The van der Waals surface area contributed by atoms with Gasteiger partial charge in [-0.05, 0) is 20.5 Å². The maximum absolute atomic E-state index is 5.23. The van der Waals surface area contributed by atoms with Crippen molar-refractivity contribution in [2.24, 2.45) is 0 Å². The molecule has 0 aromatic carbocycles. The van der Waals surface area contributed by atoms with Gasteiger partial charge in [0.05, 0.1) is 13.2 Å². The minimum Gasteiger partial charge on any atom is -0.383 e. The van der Waals surface area contributed by atoms with E-state index < -0.39 is 0 Å². The fourth-order valence-electron chi connectivity index (χ4n) is 1.54. The van der Waals surface area contributed by atoms with Gasteiger partial charge in [-0.1, -0.05) is 6.92 Å². The van der Waals surface area contributed by atoms with Gasteiger partial charge in [0, 0.05) is 32.8 Å². The van der Waals surface area contributed by atoms with Crippen molar-refractivity contribution >= 4 is 0 Å². The summed E-state index contributed by atoms with van der Waals surface area (Å²) in [6, 6.07) is 0.814. The summed E-state index contributed by atoms with van der Waals surface area (Å²) in [5, 5.41) is 3.35. The molecule has 0 heterocycles. The highest BCUT2D eigenvalue weighted by Crippen LogP contribution is 2.03. The van der Waals surface area contributed by atoms with Crippen molar-refractivity contribution in [3.05, 3.63) is 0 Å². The average Bonchev–Trinajstić information content (AvgIpc) is 2.23. The Morgan fingerprint density at radius 3 is 2.27 bits per heavy atom. The Morgan fingerprint density at radius 2 is 1.80 bits per heavy atom. The standard InChI is InChI=1S/C11H26N2O2/c1-6-12-7-11(9-15-5)13(3)10(2)8-14-4/h10-12H,6-9H2,1-5H3. The first-order chi connectivity index (χ1) is 7.17. The van der Waals surface area contributed by atoms with E-state index in [0.29, 0.717) is 12.1 Å². The number of likely N-dealkylation sites (N-methyl/N-ethyl adjacent to an activating group) is 2. The van der Waals surface area contributed by atoms with Crippen LogP contribution in [0.3, 0.4) is 0 Å². The normalized spacial score (nSPS) is 15.6. The van der Waals surface area contributed by atoms with E-state index in [9.17, 15) is 0 Å². The molecule has 15 heavy (non-hydrogen) atoms. The van der Waals surface area contributed by atoms with Crippen LogP contribution in [-0.4, -0.2) is 64.6 Å². The maximum atomic E-state index is 5.23. The molecule has 0 saturated heterocycles. The first kappa shape index (κ1) is 14.8. The molecule has 2 atom stereocenters. The summed E-state index contributed by atoms with van der Waals surface area (Å²) >= 11 is 0. The number of hydrogen-bond acceptors (Lipinski definition) is 4. The smallest absolute Gasteiger partial charge is 0.0630 e. The summed E-state index contributed by atoms with van der Waals surface area (Å²) in [7, 11) is 5.60. The third kappa shape index (κ3) is 6.10. The summed E-state index contributed by atoms with van der Waals surface area (Å²) in [6.45, 7) is 7.72. The van der Waals surface area contributed by atoms with Crippen molar-refractivity contribution in [3.8, 4) is 0 Å². The first-order valence-electron chi connectivity index (χ1n) is 5.57. The highest BCUT2D eigenvalue weighted by atomic mass is 16.5. The van der Waals surface area contributed by atoms with Crippen molar-refractivity contribution in [1.82, 2.24) is 10.2 Å². The lowest BCUT2D eigenvalue weighted by Gasteiger charge is -2.32. The second kappa shape index (κ2) is 9.09. The molecular formula is C11H26N2O2. The second-order valence-electron chi connectivity index (χ2n) is 3.89. The van der Waals surface area contributed by atoms with E-state index in [2.05, 4.69) is 31.1 Å². The van der Waals surface area contributed by atoms with Crippen LogP contribution in [-0.2, 0) is 9.47 Å². The lowest BCUT2D eigenvalue weighted by atomic mass is 10.2. The second-order valence-corrected chi connectivity index (χ2v) is 3.89. The van der Waals surface area contributed by atoms with Gasteiger partial charge in [0.15, 0.2) is 0 Å². The fourth-order valence-corrected chi connectivity index (χ4v) is 1.54. The van der Waals surface area contributed by atoms with Crippen molar-refractivity contribution < 1.29 is 9.47 Å². The minimum atomic E-state index is 0.403. The van der Waals surface area contributed by atoms with E-state index in [1.165, 1.54) is 0 Å². The lowest BCUT2D eigenvalue weighted by Crippen LogP contribution is -2.48. The van der Waals surface area contributed by atoms with Crippen LogP contribution in [0.4, 0.5) is 0 Å². The van der Waals surface area contributed by atoms with Crippen LogP contribution in [0.1, 0.15) is 13.8 Å². The Labute approximate surface area is 93.9 Å². The van der Waals surface area contributed by atoms with Gasteiger partial charge in [0.25, 0.3) is 0 Å². The molecule has 4 nitrogen and oxygen atoms in total. The van der Waals surface area contributed by atoms with Gasteiger partial charge in [-0.15, -0.1) is 0 Å². The molecule has 92 valence electrons. The summed E-state index contributed by atoms with van der Waals surface area (Å²) in [4.78, 5) is 2.30. The average molecular weight is 218 g/mol. The molecule has 0 rings (SSSR count). The zero-order valence-corrected chi connectivity index (χ0v) is 10.7. The number of nitrogens with zero attached hydrogens (tertiary/aromatic N) is 1. The third-order valence-electron chi connectivity index (χ3n) is 2.67. The molecule has 0 spiro atoms. The van der Waals surface area contributed by atoms with E-state index in [1.807, 2.05) is 0 Å². The van der Waals surface area contributed by atoms with E-state index >= 15 is 0 Å². The van der Waals surface area contributed by atoms with Crippen molar-refractivity contribution in [3.63, 3.8) is 0 Å². The molecule has 0 amide bonds. The van der Waals surface area contributed by atoms with Crippen LogP contribution in [0, 0.1) is 0 Å². The zero-order chi connectivity index (χ0) is 11.7. The van der Waals surface area contributed by atoms with Crippen LogP contribution in [0.15, 0.2) is 0 Å². The van der Waals surface area contributed by atoms with Gasteiger partial charge >= 0.3 is 0 Å². The monoisotopic (exact) mass is 218 g/mol. The summed E-state index contributed by atoms with van der Waals surface area (Å²) in [5.41, 5.74) is 0. The predicted octanol–water partition coefficient (Wildman–Crippen LogP) is 0.578. The van der Waals surface area contributed by atoms with Gasteiger partial charge in [0.1, 0.15) is 0 Å². The highest BCUT2D eigenvalue weighted by Gasteiger charge is 2.18. The largest absolute Gasteiger partial charge is 0.383 e. The van der Waals surface area contributed by atoms with Gasteiger partial charge in [-0.2, -0.15) is 0 Å². The SMILES string of the molecule is CCNCC(COC)N(C)C(C)COC. The number of ether oxygens (including phenoxy) is 2. The van der Waals surface area contributed by atoms with E-state index in [4.69, 9.17) is 9.47 Å². The van der Waals surface area contributed by atoms with E-state index in [-0.39, 0.29) is 0 Å². The molecule has 0 aliphatic heterocycles. The molecule has 0 aliphatic rings. The van der Waals surface area contributed by atoms with Crippen molar-refractivity contribution in [2.75, 3.05) is 47.6 Å². The van der Waals surface area contributed by atoms with E-state index in [0.717, 1.165) is 26.3 Å². The molecule has 0 bridgehead atoms. The fraction of sp³-hybridized carbons (Fsp3) is 1.00. The molecular weight excluding hydrogens is 192 g/mol. The molecule has 4 heteroatoms. The highest BCUT2D eigenvalue weighted by molar-refractivity contribution is 4.75. The van der Waals surface area contributed by atoms with Crippen LogP contribution < -0.4 is 5.32 Å². The summed E-state index contributed by atoms with van der Waals surface area (Å²) in [5.74, 6) is 0. The number of methoxy groups -OCH3 is 2. The third-order valence-corrected chi connectivity index (χ3v) is 2.67. The molecule has 0 radical (unpaired) electrons. The maximum Gasteiger partial charge on any atom is 0.0630 e. The van der Waals surface area contributed by atoms with Crippen molar-refractivity contribution in [2.45, 2.75) is 25.9 Å². The minimum absolute atomic E-state index is 0.403. The topological polar surface area (TPSA) is 33.7 Å². The van der Waals surface area contributed by atoms with Gasteiger partial charge < -0.3 is 14.8 Å². The van der Waals surface area contributed by atoms with Crippen LogP contribution in [0.5, 0.6) is 0 Å². The lowest BCUT2D eigenvalue weighted by molar-refractivity contribution is 0.0502. The Balaban J connectivity index is 4.06. The van der Waals surface area contributed by atoms with Gasteiger partial charge in [-0.3, -0.25) is 4.90 Å². The quantitative estimate of drug-likeness (QED) is 0.614. The first-order valence-corrected chi connectivity index (χ1v) is 5.57. The number of hydrogen-bond donors (Lipinski definition) is 1. The Kier molecular flexibility index (Phi) is 9.00.